The predicted octanol–water partition coefficient (Wildman–Crippen LogP) is 2.39. The van der Waals surface area contributed by atoms with Gasteiger partial charge >= 0.3 is 6.03 Å². The zero-order valence-electron chi connectivity index (χ0n) is 17.8. The van der Waals surface area contributed by atoms with Crippen LogP contribution in [0.25, 0.3) is 0 Å². The van der Waals surface area contributed by atoms with Gasteiger partial charge < -0.3 is 15.4 Å². The van der Waals surface area contributed by atoms with Crippen molar-refractivity contribution in [3.63, 3.8) is 0 Å². The minimum absolute atomic E-state index is 0.00833. The molecular weight excluding hydrogens is 394 g/mol. The van der Waals surface area contributed by atoms with Crippen LogP contribution in [-0.4, -0.2) is 48.5 Å². The molecule has 2 fully saturated rings. The Morgan fingerprint density at radius 1 is 1.13 bits per heavy atom. The van der Waals surface area contributed by atoms with Gasteiger partial charge in [-0.15, -0.1) is 0 Å². The Hall–Kier alpha value is -3.19. The van der Waals surface area contributed by atoms with Gasteiger partial charge in [0.25, 0.3) is 5.91 Å². The van der Waals surface area contributed by atoms with Gasteiger partial charge in [-0.2, -0.15) is 0 Å². The van der Waals surface area contributed by atoms with E-state index in [0.717, 1.165) is 28.9 Å². The van der Waals surface area contributed by atoms with Crippen molar-refractivity contribution in [2.45, 2.75) is 38.3 Å². The third kappa shape index (κ3) is 3.93. The highest BCUT2D eigenvalue weighted by atomic mass is 16.5. The molecule has 2 aliphatic rings. The second kappa shape index (κ2) is 8.51. The van der Waals surface area contributed by atoms with Crippen molar-refractivity contribution in [2.24, 2.45) is 0 Å². The largest absolute Gasteiger partial charge is 0.376 e. The molecule has 2 aromatic carbocycles. The molecule has 0 bridgehead atoms. The Morgan fingerprint density at radius 3 is 2.58 bits per heavy atom. The minimum atomic E-state index is -1.37. The van der Waals surface area contributed by atoms with E-state index in [9.17, 15) is 14.4 Å². The number of aryl methyl sites for hydroxylation is 2. The van der Waals surface area contributed by atoms with Gasteiger partial charge in [-0.3, -0.25) is 14.5 Å². The smallest absolute Gasteiger partial charge is 0.326 e. The van der Waals surface area contributed by atoms with E-state index in [-0.39, 0.29) is 18.6 Å². The third-order valence-corrected chi connectivity index (χ3v) is 6.10. The van der Waals surface area contributed by atoms with Gasteiger partial charge in [0.2, 0.25) is 5.91 Å². The second-order valence-electron chi connectivity index (χ2n) is 8.18. The fourth-order valence-electron chi connectivity index (χ4n) is 4.17. The van der Waals surface area contributed by atoms with E-state index in [4.69, 9.17) is 4.74 Å². The highest BCUT2D eigenvalue weighted by Crippen LogP contribution is 2.36. The van der Waals surface area contributed by atoms with Gasteiger partial charge in [-0.05, 0) is 48.9 Å². The summed E-state index contributed by atoms with van der Waals surface area (Å²) in [5, 5.41) is 5.66. The minimum Gasteiger partial charge on any atom is -0.376 e. The molecule has 4 rings (SSSR count). The van der Waals surface area contributed by atoms with Crippen LogP contribution in [0, 0.1) is 13.8 Å². The lowest BCUT2D eigenvalue weighted by molar-refractivity contribution is -0.134. The highest BCUT2D eigenvalue weighted by molar-refractivity contribution is 6.11. The zero-order valence-corrected chi connectivity index (χ0v) is 17.8. The molecule has 0 saturated carbocycles. The predicted molar refractivity (Wildman–Crippen MR) is 115 cm³/mol. The van der Waals surface area contributed by atoms with Crippen molar-refractivity contribution in [1.82, 2.24) is 15.5 Å². The SMILES string of the molecule is Cc1ccc(C2(c3ccccc3)NC(=O)N(CC(=O)NCC3CCCO3)C2=O)cc1C. The van der Waals surface area contributed by atoms with Crippen LogP contribution in [0.4, 0.5) is 4.79 Å². The standard InChI is InChI=1S/C24H27N3O4/c1-16-10-11-19(13-17(16)2)24(18-7-4-3-5-8-18)22(29)27(23(30)26-24)15-21(28)25-14-20-9-6-12-31-20/h3-5,7-8,10-11,13,20H,6,9,12,14-15H2,1-2H3,(H,25,28)(H,26,30). The summed E-state index contributed by atoms with van der Waals surface area (Å²) < 4.78 is 5.51. The summed E-state index contributed by atoms with van der Waals surface area (Å²) in [4.78, 5) is 40.0. The van der Waals surface area contributed by atoms with Crippen molar-refractivity contribution in [3.8, 4) is 0 Å². The van der Waals surface area contributed by atoms with Crippen LogP contribution in [0.15, 0.2) is 48.5 Å². The molecule has 2 heterocycles. The van der Waals surface area contributed by atoms with Gasteiger partial charge in [-0.25, -0.2) is 4.79 Å². The molecule has 162 valence electrons. The van der Waals surface area contributed by atoms with E-state index in [1.807, 2.05) is 62.4 Å². The number of carbonyl (C=O) groups excluding carboxylic acids is 3. The molecule has 2 N–H and O–H groups in total. The molecule has 7 heteroatoms. The lowest BCUT2D eigenvalue weighted by Gasteiger charge is -2.28. The number of carbonyl (C=O) groups is 3. The zero-order chi connectivity index (χ0) is 22.0. The Labute approximate surface area is 181 Å². The summed E-state index contributed by atoms with van der Waals surface area (Å²) in [6.45, 7) is 4.70. The lowest BCUT2D eigenvalue weighted by Crippen LogP contribution is -2.46. The topological polar surface area (TPSA) is 87.7 Å². The van der Waals surface area contributed by atoms with Crippen LogP contribution in [0.2, 0.25) is 0 Å². The fraction of sp³-hybridized carbons (Fsp3) is 0.375. The average molecular weight is 421 g/mol. The van der Waals surface area contributed by atoms with Gasteiger partial charge in [-0.1, -0.05) is 48.5 Å². The molecule has 0 aliphatic carbocycles. The van der Waals surface area contributed by atoms with E-state index in [1.54, 1.807) is 0 Å². The lowest BCUT2D eigenvalue weighted by atomic mass is 9.81. The number of hydrogen-bond donors (Lipinski definition) is 2. The summed E-state index contributed by atoms with van der Waals surface area (Å²) in [6, 6.07) is 14.3. The van der Waals surface area contributed by atoms with Gasteiger partial charge in [0.15, 0.2) is 5.54 Å². The monoisotopic (exact) mass is 421 g/mol. The number of ether oxygens (including phenoxy) is 1. The van der Waals surface area contributed by atoms with E-state index < -0.39 is 17.5 Å². The van der Waals surface area contributed by atoms with Gasteiger partial charge in [0, 0.05) is 13.2 Å². The Balaban J connectivity index is 1.62. The molecular formula is C24H27N3O4. The molecule has 2 aliphatic heterocycles. The summed E-state index contributed by atoms with van der Waals surface area (Å²) in [5.41, 5.74) is 2.06. The van der Waals surface area contributed by atoms with E-state index in [2.05, 4.69) is 10.6 Å². The maximum absolute atomic E-state index is 13.7. The Kier molecular flexibility index (Phi) is 5.78. The van der Waals surface area contributed by atoms with Crippen LogP contribution in [0.1, 0.15) is 35.1 Å². The average Bonchev–Trinajstić information content (AvgIpc) is 3.38. The van der Waals surface area contributed by atoms with E-state index in [1.165, 1.54) is 0 Å². The number of nitrogens with one attached hydrogen (secondary N) is 2. The highest BCUT2D eigenvalue weighted by Gasteiger charge is 2.54. The molecule has 0 radical (unpaired) electrons. The Morgan fingerprint density at radius 2 is 1.90 bits per heavy atom. The third-order valence-electron chi connectivity index (χ3n) is 6.10. The molecule has 2 unspecified atom stereocenters. The number of urea groups is 1. The van der Waals surface area contributed by atoms with E-state index in [0.29, 0.717) is 24.3 Å². The van der Waals surface area contributed by atoms with Crippen LogP contribution < -0.4 is 10.6 Å². The van der Waals surface area contributed by atoms with Crippen LogP contribution in [0.3, 0.4) is 0 Å². The number of imide groups is 1. The Bertz CT molecular complexity index is 1000. The molecule has 2 saturated heterocycles. The number of amides is 4. The maximum Gasteiger partial charge on any atom is 0.326 e. The molecule has 2 aromatic rings. The first-order chi connectivity index (χ1) is 14.9. The first-order valence-electron chi connectivity index (χ1n) is 10.6. The first kappa shape index (κ1) is 21.1. The van der Waals surface area contributed by atoms with Crippen molar-refractivity contribution in [2.75, 3.05) is 19.7 Å². The first-order valence-corrected chi connectivity index (χ1v) is 10.6. The molecule has 4 amide bonds. The molecule has 2 atom stereocenters. The quantitative estimate of drug-likeness (QED) is 0.701. The number of nitrogens with zero attached hydrogens (tertiary/aromatic N) is 1. The van der Waals surface area contributed by atoms with Crippen molar-refractivity contribution < 1.29 is 19.1 Å². The van der Waals surface area contributed by atoms with Crippen LogP contribution in [0.5, 0.6) is 0 Å². The molecule has 7 nitrogen and oxygen atoms in total. The van der Waals surface area contributed by atoms with Crippen molar-refractivity contribution >= 4 is 17.8 Å². The summed E-state index contributed by atoms with van der Waals surface area (Å²) in [7, 11) is 0. The van der Waals surface area contributed by atoms with Gasteiger partial charge in [0.05, 0.1) is 6.10 Å². The fourth-order valence-corrected chi connectivity index (χ4v) is 4.17. The molecule has 0 aromatic heterocycles. The summed E-state index contributed by atoms with van der Waals surface area (Å²) in [6.07, 6.45) is 1.86. The van der Waals surface area contributed by atoms with E-state index >= 15 is 0 Å². The second-order valence-corrected chi connectivity index (χ2v) is 8.18. The number of rotatable bonds is 6. The summed E-state index contributed by atoms with van der Waals surface area (Å²) in [5.74, 6) is -0.845. The van der Waals surface area contributed by atoms with Gasteiger partial charge in [0.1, 0.15) is 6.54 Å². The molecule has 31 heavy (non-hydrogen) atoms. The molecule has 0 spiro atoms. The maximum atomic E-state index is 13.7. The van der Waals surface area contributed by atoms with Crippen molar-refractivity contribution in [3.05, 3.63) is 70.8 Å². The number of benzene rings is 2. The number of hydrogen-bond acceptors (Lipinski definition) is 4. The summed E-state index contributed by atoms with van der Waals surface area (Å²) >= 11 is 0. The normalized spacial score (nSPS) is 23.2. The van der Waals surface area contributed by atoms with Crippen molar-refractivity contribution in [1.29, 1.82) is 0 Å². The van der Waals surface area contributed by atoms with Crippen LogP contribution >= 0.6 is 0 Å². The van der Waals surface area contributed by atoms with Crippen LogP contribution in [-0.2, 0) is 19.9 Å².